The van der Waals surface area contributed by atoms with Crippen LogP contribution in [0.25, 0.3) is 0 Å². The molecule has 5 nitrogen and oxygen atoms in total. The van der Waals surface area contributed by atoms with Crippen molar-refractivity contribution in [2.75, 3.05) is 12.4 Å². The summed E-state index contributed by atoms with van der Waals surface area (Å²) >= 11 is 0. The standard InChI is InChI=1S/C15H16N2O3/c1-3-14(18)17-11-8-9-15(16-10-11)20-13-7-5-4-6-12(13)19-2/h4-10H,3H2,1-2H3,(H,17,18). The van der Waals surface area contributed by atoms with Crippen LogP contribution in [-0.4, -0.2) is 18.0 Å². The first-order chi connectivity index (χ1) is 9.72. The average Bonchev–Trinajstić information content (AvgIpc) is 2.49. The van der Waals surface area contributed by atoms with E-state index >= 15 is 0 Å². The van der Waals surface area contributed by atoms with E-state index in [1.54, 1.807) is 38.4 Å². The molecular formula is C15H16N2O3. The van der Waals surface area contributed by atoms with Crippen LogP contribution in [0.3, 0.4) is 0 Å². The Kier molecular flexibility index (Phi) is 4.55. The van der Waals surface area contributed by atoms with Crippen molar-refractivity contribution in [3.63, 3.8) is 0 Å². The molecule has 0 saturated heterocycles. The van der Waals surface area contributed by atoms with E-state index in [4.69, 9.17) is 9.47 Å². The number of rotatable bonds is 5. The van der Waals surface area contributed by atoms with Crippen LogP contribution in [0.4, 0.5) is 5.69 Å². The lowest BCUT2D eigenvalue weighted by Crippen LogP contribution is -2.09. The molecule has 1 heterocycles. The van der Waals surface area contributed by atoms with E-state index in [1.165, 1.54) is 0 Å². The molecule has 1 amide bonds. The molecule has 1 aromatic heterocycles. The van der Waals surface area contributed by atoms with Crippen molar-refractivity contribution >= 4 is 11.6 Å². The average molecular weight is 272 g/mol. The minimum absolute atomic E-state index is 0.0507. The summed E-state index contributed by atoms with van der Waals surface area (Å²) in [6, 6.07) is 10.8. The third kappa shape index (κ3) is 3.47. The Balaban J connectivity index is 2.09. The lowest BCUT2D eigenvalue weighted by atomic mass is 10.3. The number of methoxy groups -OCH3 is 1. The second kappa shape index (κ2) is 6.56. The van der Waals surface area contributed by atoms with Crippen LogP contribution >= 0.6 is 0 Å². The Morgan fingerprint density at radius 2 is 1.95 bits per heavy atom. The monoisotopic (exact) mass is 272 g/mol. The Labute approximate surface area is 117 Å². The van der Waals surface area contributed by atoms with Gasteiger partial charge in [-0.3, -0.25) is 4.79 Å². The van der Waals surface area contributed by atoms with Gasteiger partial charge in [-0.15, -0.1) is 0 Å². The maximum absolute atomic E-state index is 11.3. The number of nitrogens with zero attached hydrogens (tertiary/aromatic N) is 1. The van der Waals surface area contributed by atoms with Gasteiger partial charge in [-0.2, -0.15) is 0 Å². The number of benzene rings is 1. The fourth-order valence-electron chi connectivity index (χ4n) is 1.58. The summed E-state index contributed by atoms with van der Waals surface area (Å²) in [5, 5.41) is 2.72. The summed E-state index contributed by atoms with van der Waals surface area (Å²) in [6.07, 6.45) is 1.98. The maximum atomic E-state index is 11.3. The van der Waals surface area contributed by atoms with Crippen LogP contribution in [0.15, 0.2) is 42.6 Å². The Bertz CT molecular complexity index is 582. The number of carbonyl (C=O) groups excluding carboxylic acids is 1. The Hall–Kier alpha value is -2.56. The maximum Gasteiger partial charge on any atom is 0.224 e. The van der Waals surface area contributed by atoms with Crippen LogP contribution < -0.4 is 14.8 Å². The molecule has 0 aliphatic rings. The van der Waals surface area contributed by atoms with Crippen molar-refractivity contribution in [1.82, 2.24) is 4.98 Å². The molecule has 0 aliphatic heterocycles. The molecule has 2 aromatic rings. The van der Waals surface area contributed by atoms with Crippen LogP contribution in [0.2, 0.25) is 0 Å². The summed E-state index contributed by atoms with van der Waals surface area (Å²) in [6.45, 7) is 1.79. The van der Waals surface area contributed by atoms with Gasteiger partial charge in [0.15, 0.2) is 11.5 Å². The van der Waals surface area contributed by atoms with E-state index in [0.717, 1.165) is 0 Å². The quantitative estimate of drug-likeness (QED) is 0.907. The van der Waals surface area contributed by atoms with Crippen LogP contribution in [0.5, 0.6) is 17.4 Å². The number of amides is 1. The first-order valence-corrected chi connectivity index (χ1v) is 6.29. The number of anilines is 1. The molecule has 104 valence electrons. The fraction of sp³-hybridized carbons (Fsp3) is 0.200. The molecule has 0 spiro atoms. The number of hydrogen-bond donors (Lipinski definition) is 1. The van der Waals surface area contributed by atoms with Crippen molar-refractivity contribution in [3.05, 3.63) is 42.6 Å². The van der Waals surface area contributed by atoms with Crippen molar-refractivity contribution in [2.24, 2.45) is 0 Å². The predicted molar refractivity (Wildman–Crippen MR) is 76.2 cm³/mol. The molecule has 0 aliphatic carbocycles. The second-order valence-electron chi connectivity index (χ2n) is 4.04. The Morgan fingerprint density at radius 1 is 1.20 bits per heavy atom. The molecule has 20 heavy (non-hydrogen) atoms. The molecule has 0 bridgehead atoms. The highest BCUT2D eigenvalue weighted by atomic mass is 16.5. The predicted octanol–water partition coefficient (Wildman–Crippen LogP) is 3.23. The number of carbonyl (C=O) groups is 1. The number of para-hydroxylation sites is 2. The molecule has 0 saturated carbocycles. The van der Waals surface area contributed by atoms with Gasteiger partial charge in [0.2, 0.25) is 11.8 Å². The van der Waals surface area contributed by atoms with Crippen LogP contribution in [-0.2, 0) is 4.79 Å². The molecule has 2 rings (SSSR count). The van der Waals surface area contributed by atoms with Gasteiger partial charge in [0.25, 0.3) is 0 Å². The summed E-state index contributed by atoms with van der Waals surface area (Å²) in [4.78, 5) is 15.4. The molecule has 0 unspecified atom stereocenters. The van der Waals surface area contributed by atoms with E-state index in [9.17, 15) is 4.79 Å². The number of ether oxygens (including phenoxy) is 2. The van der Waals surface area contributed by atoms with Crippen molar-refractivity contribution in [2.45, 2.75) is 13.3 Å². The number of pyridine rings is 1. The smallest absolute Gasteiger partial charge is 0.224 e. The van der Waals surface area contributed by atoms with E-state index in [0.29, 0.717) is 29.5 Å². The normalized spacial score (nSPS) is 9.90. The first kappa shape index (κ1) is 13.9. The molecule has 1 N–H and O–H groups in total. The minimum Gasteiger partial charge on any atom is -0.493 e. The minimum atomic E-state index is -0.0507. The summed E-state index contributed by atoms with van der Waals surface area (Å²) in [5.41, 5.74) is 0.643. The zero-order valence-corrected chi connectivity index (χ0v) is 11.4. The Morgan fingerprint density at radius 3 is 2.55 bits per heavy atom. The first-order valence-electron chi connectivity index (χ1n) is 6.29. The third-order valence-electron chi connectivity index (χ3n) is 2.62. The third-order valence-corrected chi connectivity index (χ3v) is 2.62. The number of hydrogen-bond acceptors (Lipinski definition) is 4. The van der Waals surface area contributed by atoms with Crippen LogP contribution in [0, 0.1) is 0 Å². The number of aromatic nitrogens is 1. The van der Waals surface area contributed by atoms with Gasteiger partial charge in [0.1, 0.15) is 0 Å². The van der Waals surface area contributed by atoms with E-state index in [-0.39, 0.29) is 5.91 Å². The highest BCUT2D eigenvalue weighted by molar-refractivity contribution is 5.90. The zero-order valence-electron chi connectivity index (χ0n) is 11.4. The SMILES string of the molecule is CCC(=O)Nc1ccc(Oc2ccccc2OC)nc1. The lowest BCUT2D eigenvalue weighted by molar-refractivity contribution is -0.115. The molecule has 0 radical (unpaired) electrons. The van der Waals surface area contributed by atoms with E-state index in [2.05, 4.69) is 10.3 Å². The highest BCUT2D eigenvalue weighted by Gasteiger charge is 2.05. The van der Waals surface area contributed by atoms with Crippen molar-refractivity contribution < 1.29 is 14.3 Å². The van der Waals surface area contributed by atoms with Gasteiger partial charge in [0.05, 0.1) is 19.0 Å². The summed E-state index contributed by atoms with van der Waals surface area (Å²) in [7, 11) is 1.58. The summed E-state index contributed by atoms with van der Waals surface area (Å²) < 4.78 is 10.8. The molecule has 1 aromatic carbocycles. The largest absolute Gasteiger partial charge is 0.493 e. The van der Waals surface area contributed by atoms with Crippen molar-refractivity contribution in [1.29, 1.82) is 0 Å². The van der Waals surface area contributed by atoms with Crippen LogP contribution in [0.1, 0.15) is 13.3 Å². The van der Waals surface area contributed by atoms with Gasteiger partial charge in [-0.1, -0.05) is 19.1 Å². The molecule has 0 fully saturated rings. The second-order valence-corrected chi connectivity index (χ2v) is 4.04. The molecular weight excluding hydrogens is 256 g/mol. The van der Waals surface area contributed by atoms with Gasteiger partial charge in [-0.25, -0.2) is 4.98 Å². The zero-order chi connectivity index (χ0) is 14.4. The van der Waals surface area contributed by atoms with E-state index in [1.807, 2.05) is 18.2 Å². The topological polar surface area (TPSA) is 60.5 Å². The highest BCUT2D eigenvalue weighted by Crippen LogP contribution is 2.30. The summed E-state index contributed by atoms with van der Waals surface area (Å²) in [5.74, 6) is 1.61. The van der Waals surface area contributed by atoms with Gasteiger partial charge < -0.3 is 14.8 Å². The molecule has 5 heteroatoms. The van der Waals surface area contributed by atoms with Gasteiger partial charge in [-0.05, 0) is 18.2 Å². The lowest BCUT2D eigenvalue weighted by Gasteiger charge is -2.09. The van der Waals surface area contributed by atoms with Gasteiger partial charge >= 0.3 is 0 Å². The van der Waals surface area contributed by atoms with Crippen molar-refractivity contribution in [3.8, 4) is 17.4 Å². The fourth-order valence-corrected chi connectivity index (χ4v) is 1.58. The number of nitrogens with one attached hydrogen (secondary N) is 1. The molecule has 0 atom stereocenters. The van der Waals surface area contributed by atoms with Gasteiger partial charge in [0, 0.05) is 12.5 Å². The van der Waals surface area contributed by atoms with E-state index < -0.39 is 0 Å².